The van der Waals surface area contributed by atoms with E-state index < -0.39 is 13.7 Å². The standard InChI is InChI=1S/C44H82NO9PS/c1-4-6-8-10-12-14-16-18-20-23-27-31-42(47)52-38-39(54-43(48)32-28-24-21-19-17-15-13-11-9-7-5-2)33-36-55(50,51)53-35-30-26-22-25-29-34-45-41(46)37-40(56-3)44(45)49/h39-40H,4-38H2,1-3H3,(H,50,51)/t39-,40?/m0/s1. The summed E-state index contributed by atoms with van der Waals surface area (Å²) < 4.78 is 29.4. The predicted octanol–water partition coefficient (Wildman–Crippen LogP) is 11.9. The summed E-state index contributed by atoms with van der Waals surface area (Å²) in [7, 11) is -3.94. The Morgan fingerprint density at radius 2 is 1.14 bits per heavy atom. The van der Waals surface area contributed by atoms with Gasteiger partial charge in [0.25, 0.3) is 0 Å². The van der Waals surface area contributed by atoms with E-state index in [0.29, 0.717) is 19.4 Å². The first kappa shape index (κ1) is 52.6. The highest BCUT2D eigenvalue weighted by Gasteiger charge is 2.37. The summed E-state index contributed by atoms with van der Waals surface area (Å²) >= 11 is 1.42. The number of thioether (sulfide) groups is 1. The molecule has 0 aromatic rings. The molecule has 0 bridgehead atoms. The maximum Gasteiger partial charge on any atom is 0.328 e. The lowest BCUT2D eigenvalue weighted by Gasteiger charge is -2.20. The molecule has 1 rings (SSSR count). The van der Waals surface area contributed by atoms with Crippen molar-refractivity contribution in [2.45, 2.75) is 224 Å². The third-order valence-corrected chi connectivity index (χ3v) is 13.1. The summed E-state index contributed by atoms with van der Waals surface area (Å²) in [5.74, 6) is -0.892. The fourth-order valence-corrected chi connectivity index (χ4v) is 8.90. The molecule has 1 N–H and O–H groups in total. The van der Waals surface area contributed by atoms with Gasteiger partial charge in [-0.25, -0.2) is 0 Å². The van der Waals surface area contributed by atoms with E-state index in [0.717, 1.165) is 64.2 Å². The van der Waals surface area contributed by atoms with E-state index in [2.05, 4.69) is 13.8 Å². The van der Waals surface area contributed by atoms with Crippen LogP contribution >= 0.6 is 19.4 Å². The van der Waals surface area contributed by atoms with Crippen LogP contribution in [0.15, 0.2) is 0 Å². The Bertz CT molecular complexity index is 1080. The molecule has 1 aliphatic rings. The van der Waals surface area contributed by atoms with E-state index in [1.807, 2.05) is 6.26 Å². The number of carbonyl (C=O) groups excluding carboxylic acids is 4. The molecule has 0 spiro atoms. The van der Waals surface area contributed by atoms with Crippen LogP contribution in [-0.2, 0) is 37.7 Å². The number of amides is 2. The van der Waals surface area contributed by atoms with E-state index in [9.17, 15) is 28.6 Å². The first-order valence-corrected chi connectivity index (χ1v) is 25.9. The van der Waals surface area contributed by atoms with E-state index in [1.54, 1.807) is 0 Å². The van der Waals surface area contributed by atoms with Crippen molar-refractivity contribution in [2.24, 2.45) is 0 Å². The van der Waals surface area contributed by atoms with Gasteiger partial charge in [-0.1, -0.05) is 162 Å². The van der Waals surface area contributed by atoms with Gasteiger partial charge in [0, 0.05) is 25.8 Å². The van der Waals surface area contributed by atoms with Crippen LogP contribution in [0.1, 0.15) is 213 Å². The second kappa shape index (κ2) is 35.5. The van der Waals surface area contributed by atoms with Gasteiger partial charge >= 0.3 is 19.5 Å². The molecule has 0 aromatic heterocycles. The molecular weight excluding hydrogens is 750 g/mol. The Labute approximate surface area is 346 Å². The highest BCUT2D eigenvalue weighted by molar-refractivity contribution is 8.00. The smallest absolute Gasteiger partial charge is 0.328 e. The molecule has 3 atom stereocenters. The average molecular weight is 832 g/mol. The number of rotatable bonds is 40. The molecule has 328 valence electrons. The van der Waals surface area contributed by atoms with Crippen LogP contribution in [0.2, 0.25) is 0 Å². The van der Waals surface area contributed by atoms with Crippen LogP contribution < -0.4 is 0 Å². The summed E-state index contributed by atoms with van der Waals surface area (Å²) in [5, 5.41) is -0.255. The molecule has 56 heavy (non-hydrogen) atoms. The number of likely N-dealkylation sites (tertiary alicyclic amines) is 1. The topological polar surface area (TPSA) is 137 Å². The fraction of sp³-hybridized carbons (Fsp3) is 0.909. The lowest BCUT2D eigenvalue weighted by Crippen LogP contribution is -2.32. The van der Waals surface area contributed by atoms with Crippen molar-refractivity contribution < 1.29 is 42.6 Å². The summed E-state index contributed by atoms with van der Waals surface area (Å²) in [4.78, 5) is 61.5. The number of hydrogen-bond acceptors (Lipinski definition) is 9. The molecule has 2 unspecified atom stereocenters. The van der Waals surface area contributed by atoms with Crippen molar-refractivity contribution in [3.63, 3.8) is 0 Å². The maximum atomic E-state index is 12.9. The van der Waals surface area contributed by atoms with Gasteiger partial charge in [0.1, 0.15) is 12.7 Å². The first-order valence-electron chi connectivity index (χ1n) is 22.8. The number of esters is 2. The lowest BCUT2D eigenvalue weighted by molar-refractivity contribution is -0.159. The molecule has 0 radical (unpaired) electrons. The molecule has 12 heteroatoms. The highest BCUT2D eigenvalue weighted by atomic mass is 32.2. The average Bonchev–Trinajstić information content (AvgIpc) is 3.45. The molecule has 0 aliphatic carbocycles. The number of hydrogen-bond donors (Lipinski definition) is 1. The number of ether oxygens (including phenoxy) is 2. The van der Waals surface area contributed by atoms with Gasteiger partial charge in [0.15, 0.2) is 0 Å². The van der Waals surface area contributed by atoms with Gasteiger partial charge in [-0.15, -0.1) is 0 Å². The third-order valence-electron chi connectivity index (χ3n) is 10.7. The molecule has 1 fully saturated rings. The maximum absolute atomic E-state index is 12.9. The lowest BCUT2D eigenvalue weighted by atomic mass is 10.1. The molecule has 10 nitrogen and oxygen atoms in total. The summed E-state index contributed by atoms with van der Waals surface area (Å²) in [6.45, 7) is 4.91. The Morgan fingerprint density at radius 1 is 0.696 bits per heavy atom. The zero-order valence-electron chi connectivity index (χ0n) is 35.9. The van der Waals surface area contributed by atoms with Crippen LogP contribution in [0.3, 0.4) is 0 Å². The zero-order chi connectivity index (χ0) is 41.1. The van der Waals surface area contributed by atoms with E-state index >= 15 is 0 Å². The third kappa shape index (κ3) is 28.9. The molecule has 2 amide bonds. The predicted molar refractivity (Wildman–Crippen MR) is 230 cm³/mol. The van der Waals surface area contributed by atoms with Gasteiger partial charge in [-0.05, 0) is 38.4 Å². The zero-order valence-corrected chi connectivity index (χ0v) is 37.6. The van der Waals surface area contributed by atoms with Gasteiger partial charge in [0.05, 0.1) is 18.0 Å². The Morgan fingerprint density at radius 3 is 1.62 bits per heavy atom. The molecule has 1 saturated heterocycles. The number of unbranched alkanes of at least 4 members (excludes halogenated alkanes) is 24. The monoisotopic (exact) mass is 832 g/mol. The minimum Gasteiger partial charge on any atom is -0.462 e. The minimum atomic E-state index is -3.94. The van der Waals surface area contributed by atoms with Crippen LogP contribution in [0.4, 0.5) is 0 Å². The van der Waals surface area contributed by atoms with Crippen molar-refractivity contribution in [3.05, 3.63) is 0 Å². The number of nitrogens with zero attached hydrogens (tertiary/aromatic N) is 1. The van der Waals surface area contributed by atoms with Gasteiger partial charge in [0.2, 0.25) is 11.8 Å². The second-order valence-electron chi connectivity index (χ2n) is 15.9. The normalized spacial score (nSPS) is 16.0. The molecule has 1 aliphatic heterocycles. The van der Waals surface area contributed by atoms with Crippen LogP contribution in [-0.4, -0.2) is 77.1 Å². The van der Waals surface area contributed by atoms with Gasteiger partial charge in [-0.2, -0.15) is 11.8 Å². The summed E-state index contributed by atoms with van der Waals surface area (Å²) in [6, 6.07) is 0. The molecule has 0 saturated carbocycles. The van der Waals surface area contributed by atoms with Crippen molar-refractivity contribution in [1.82, 2.24) is 4.90 Å². The van der Waals surface area contributed by atoms with E-state index in [4.69, 9.17) is 14.0 Å². The summed E-state index contributed by atoms with van der Waals surface area (Å²) in [5.41, 5.74) is 0. The largest absolute Gasteiger partial charge is 0.462 e. The van der Waals surface area contributed by atoms with E-state index in [-0.39, 0.29) is 67.6 Å². The van der Waals surface area contributed by atoms with Gasteiger partial charge in [-0.3, -0.25) is 28.6 Å². The number of carbonyl (C=O) groups is 4. The van der Waals surface area contributed by atoms with Crippen molar-refractivity contribution >= 4 is 43.1 Å². The van der Waals surface area contributed by atoms with E-state index in [1.165, 1.54) is 119 Å². The van der Waals surface area contributed by atoms with Gasteiger partial charge < -0.3 is 18.9 Å². The first-order chi connectivity index (χ1) is 27.1. The Hall–Kier alpha value is -1.42. The molecular formula is C44H82NO9PS. The Kier molecular flexibility index (Phi) is 33.4. The molecule has 1 heterocycles. The number of imide groups is 1. The van der Waals surface area contributed by atoms with Crippen molar-refractivity contribution in [3.8, 4) is 0 Å². The quantitative estimate of drug-likeness (QED) is 0.0275. The van der Waals surface area contributed by atoms with Crippen molar-refractivity contribution in [1.29, 1.82) is 0 Å². The Balaban J connectivity index is 2.38. The fourth-order valence-electron chi connectivity index (χ4n) is 7.10. The van der Waals surface area contributed by atoms with Crippen LogP contribution in [0.5, 0.6) is 0 Å². The van der Waals surface area contributed by atoms with Crippen LogP contribution in [0, 0.1) is 0 Å². The highest BCUT2D eigenvalue weighted by Crippen LogP contribution is 2.43. The second-order valence-corrected chi connectivity index (χ2v) is 18.9. The van der Waals surface area contributed by atoms with Crippen molar-refractivity contribution in [2.75, 3.05) is 32.2 Å². The SMILES string of the molecule is CCCCCCCCCCCCCC(=O)OC[C@H](CCP(=O)(O)OCCCCCCCN1C(=O)CC(SC)C1=O)OC(=O)CCCCCCCCCCCCC. The van der Waals surface area contributed by atoms with Crippen LogP contribution in [0.25, 0.3) is 0 Å². The molecule has 0 aromatic carbocycles. The minimum absolute atomic E-state index is 0.0643. The summed E-state index contributed by atoms with van der Waals surface area (Å²) in [6.07, 6.45) is 31.8.